The Kier molecular flexibility index (Phi) is 32.2. The molecular formula is C29H44O7S4. The molecular weight excluding hydrogens is 589 g/mol. The average molecular weight is 633 g/mol. The monoisotopic (exact) mass is 632 g/mol. The summed E-state index contributed by atoms with van der Waals surface area (Å²) >= 11 is 8.66. The molecule has 0 aromatic heterocycles. The Morgan fingerprint density at radius 1 is 1.02 bits per heavy atom. The van der Waals surface area contributed by atoms with E-state index in [9.17, 15) is 4.79 Å². The molecule has 0 saturated carbocycles. The molecule has 2 aliphatic carbocycles. The van der Waals surface area contributed by atoms with Crippen LogP contribution >= 0.6 is 0 Å². The topological polar surface area (TPSA) is 99.1 Å². The number of rotatable bonds is 5. The lowest BCUT2D eigenvalue weighted by atomic mass is 9.68. The summed E-state index contributed by atoms with van der Waals surface area (Å²) in [5, 5.41) is 7.57. The largest absolute Gasteiger partial charge is 0.467 e. The zero-order valence-electron chi connectivity index (χ0n) is 24.7. The van der Waals surface area contributed by atoms with Gasteiger partial charge in [0.1, 0.15) is 19.8 Å². The number of carbonyl (C=O) groups is 1. The molecule has 0 unspecified atom stereocenters. The van der Waals surface area contributed by atoms with Crippen molar-refractivity contribution in [3.63, 3.8) is 0 Å². The molecule has 11 heteroatoms. The van der Waals surface area contributed by atoms with Gasteiger partial charge in [-0.15, -0.1) is 0 Å². The first-order chi connectivity index (χ1) is 19.1. The van der Waals surface area contributed by atoms with Crippen LogP contribution in [0, 0.1) is 46.9 Å². The van der Waals surface area contributed by atoms with E-state index in [-0.39, 0.29) is 18.2 Å². The Morgan fingerprint density at radius 3 is 2.00 bits per heavy atom. The Labute approximate surface area is 256 Å². The summed E-state index contributed by atoms with van der Waals surface area (Å²) in [5.74, 6) is 14.2. The maximum Gasteiger partial charge on any atom is 0.373 e. The van der Waals surface area contributed by atoms with Gasteiger partial charge in [0.05, 0.1) is 0 Å². The van der Waals surface area contributed by atoms with Gasteiger partial charge in [0.25, 0.3) is 6.47 Å². The van der Waals surface area contributed by atoms with E-state index in [1.54, 1.807) is 21.1 Å². The number of carbonyl (C=O) groups excluding carboxylic acids is 3. The molecule has 0 aliphatic heterocycles. The van der Waals surface area contributed by atoms with Crippen LogP contribution in [0.1, 0.15) is 60.3 Å². The summed E-state index contributed by atoms with van der Waals surface area (Å²) in [5.41, 5.74) is 2.20. The predicted octanol–water partition coefficient (Wildman–Crippen LogP) is 4.21. The molecule has 0 aromatic carbocycles. The quantitative estimate of drug-likeness (QED) is 0.353. The fraction of sp³-hybridized carbons (Fsp3) is 0.655. The second-order valence-corrected chi connectivity index (χ2v) is 12.5. The standard InChI is InChI=1S/C14H20O3.C12H18O.C2H6O.CO2.S4/c1-12-6-4-7-13(8-5-9-16-3)14(12,2)10-17-11-15;1-10-6-4-7-12(11(10)2)8-5-9-13-3;1-2-3;2-1-3;1-3-4-2/h7,11-12H,4,6,9-10H2,1-3H3;7,10-11H,4,6,9H2,1-3H3;3H,2H2,1H3;;/t12-,14-;10-,11+;;;/m11.../s1. The van der Waals surface area contributed by atoms with E-state index in [1.807, 2.05) is 0 Å². The van der Waals surface area contributed by atoms with Crippen molar-refractivity contribution in [3.05, 3.63) is 23.3 Å². The average Bonchev–Trinajstić information content (AvgIpc) is 2.94. The maximum absolute atomic E-state index is 10.4. The molecule has 0 heterocycles. The van der Waals surface area contributed by atoms with Gasteiger partial charge in [0, 0.05) is 77.5 Å². The lowest BCUT2D eigenvalue weighted by molar-refractivity contribution is -0.191. The summed E-state index contributed by atoms with van der Waals surface area (Å²) in [4.78, 5) is 26.6. The molecule has 0 fully saturated rings. The molecule has 1 N–H and O–H groups in total. The molecule has 2 aliphatic rings. The van der Waals surface area contributed by atoms with Gasteiger partial charge in [-0.05, 0) is 50.4 Å². The smallest absolute Gasteiger partial charge is 0.373 e. The SMILES string of the molecule is CCO.COCC#CC1=CCC[C@@H](C)[C@@H]1C.COCC#CC1=CCC[C@@H](C)[C@@]1(C)COC=O.O=C=O.S=S=S=S. The Hall–Kier alpha value is -1.79. The van der Waals surface area contributed by atoms with Crippen LogP contribution in [0.4, 0.5) is 0 Å². The maximum atomic E-state index is 10.4. The van der Waals surface area contributed by atoms with E-state index in [0.29, 0.717) is 38.1 Å². The van der Waals surface area contributed by atoms with E-state index >= 15 is 0 Å². The zero-order valence-corrected chi connectivity index (χ0v) is 27.9. The van der Waals surface area contributed by atoms with E-state index in [4.69, 9.17) is 28.9 Å². The highest BCUT2D eigenvalue weighted by Crippen LogP contribution is 2.41. The summed E-state index contributed by atoms with van der Waals surface area (Å²) in [6.07, 6.45) is 9.30. The highest BCUT2D eigenvalue weighted by molar-refractivity contribution is 8.51. The van der Waals surface area contributed by atoms with Crippen LogP contribution < -0.4 is 0 Å². The Bertz CT molecular complexity index is 977. The van der Waals surface area contributed by atoms with Crippen LogP contribution in [0.3, 0.4) is 0 Å². The molecule has 2 rings (SSSR count). The molecule has 40 heavy (non-hydrogen) atoms. The Morgan fingerprint density at radius 2 is 1.52 bits per heavy atom. The van der Waals surface area contributed by atoms with E-state index in [0.717, 1.165) is 24.3 Å². The second kappa shape index (κ2) is 30.2. The van der Waals surface area contributed by atoms with Crippen molar-refractivity contribution in [2.75, 3.05) is 40.6 Å². The van der Waals surface area contributed by atoms with Crippen LogP contribution in [0.5, 0.6) is 0 Å². The third-order valence-corrected chi connectivity index (χ3v) is 8.57. The van der Waals surface area contributed by atoms with Crippen molar-refractivity contribution < 1.29 is 33.7 Å². The molecule has 0 spiro atoms. The molecule has 0 saturated heterocycles. The number of methoxy groups -OCH3 is 2. The minimum atomic E-state index is -0.167. The van der Waals surface area contributed by atoms with Crippen LogP contribution in [-0.2, 0) is 68.7 Å². The zero-order chi connectivity index (χ0) is 31.2. The normalized spacial score (nSPS) is 21.9. The fourth-order valence-electron chi connectivity index (χ4n) is 3.74. The van der Waals surface area contributed by atoms with E-state index in [1.165, 1.54) is 36.2 Å². The van der Waals surface area contributed by atoms with Crippen LogP contribution in [0.2, 0.25) is 0 Å². The number of ether oxygens (including phenoxy) is 3. The van der Waals surface area contributed by atoms with Crippen molar-refractivity contribution >= 4 is 52.8 Å². The van der Waals surface area contributed by atoms with Crippen molar-refractivity contribution in [2.24, 2.45) is 23.2 Å². The summed E-state index contributed by atoms with van der Waals surface area (Å²) in [6.45, 7) is 12.6. The van der Waals surface area contributed by atoms with Gasteiger partial charge in [-0.1, -0.05) is 63.5 Å². The molecule has 0 bridgehead atoms. The van der Waals surface area contributed by atoms with Crippen molar-refractivity contribution in [1.29, 1.82) is 0 Å². The third-order valence-electron chi connectivity index (χ3n) is 6.35. The first-order valence-electron chi connectivity index (χ1n) is 12.7. The van der Waals surface area contributed by atoms with Crippen LogP contribution in [0.25, 0.3) is 0 Å². The summed E-state index contributed by atoms with van der Waals surface area (Å²) in [7, 11) is 5.65. The number of aliphatic hydroxyl groups excluding tert-OH is 1. The first kappa shape index (κ1) is 42.7. The molecule has 0 radical (unpaired) electrons. The lowest BCUT2D eigenvalue weighted by Crippen LogP contribution is -2.34. The summed E-state index contributed by atoms with van der Waals surface area (Å²) < 4.78 is 14.8. The third kappa shape index (κ3) is 21.0. The molecule has 0 amide bonds. The van der Waals surface area contributed by atoms with Gasteiger partial charge >= 0.3 is 6.15 Å². The van der Waals surface area contributed by atoms with Gasteiger partial charge in [-0.3, -0.25) is 4.79 Å². The number of allylic oxidation sites excluding steroid dienone is 3. The molecule has 0 aromatic rings. The highest BCUT2D eigenvalue weighted by atomic mass is 33.2. The van der Waals surface area contributed by atoms with Crippen molar-refractivity contribution in [3.8, 4) is 23.7 Å². The minimum absolute atomic E-state index is 0.167. The number of hydrogen-bond acceptors (Lipinski definition) is 9. The lowest BCUT2D eigenvalue weighted by Gasteiger charge is -2.38. The number of hydrogen-bond donors (Lipinski definition) is 1. The van der Waals surface area contributed by atoms with Gasteiger partial charge in [-0.2, -0.15) is 9.59 Å². The summed E-state index contributed by atoms with van der Waals surface area (Å²) in [6, 6.07) is 0. The van der Waals surface area contributed by atoms with Gasteiger partial charge < -0.3 is 19.3 Å². The van der Waals surface area contributed by atoms with Crippen molar-refractivity contribution in [1.82, 2.24) is 0 Å². The predicted molar refractivity (Wildman–Crippen MR) is 169 cm³/mol. The van der Waals surface area contributed by atoms with E-state index < -0.39 is 0 Å². The van der Waals surface area contributed by atoms with Crippen molar-refractivity contribution in [2.45, 2.75) is 60.3 Å². The van der Waals surface area contributed by atoms with E-state index in [2.05, 4.69) is 85.9 Å². The Balaban J connectivity index is -0.000000522. The highest BCUT2D eigenvalue weighted by Gasteiger charge is 2.37. The van der Waals surface area contributed by atoms with Crippen LogP contribution in [0.15, 0.2) is 23.3 Å². The van der Waals surface area contributed by atoms with Gasteiger partial charge in [0.2, 0.25) is 0 Å². The molecule has 4 atom stereocenters. The first-order valence-corrected chi connectivity index (χ1v) is 16.7. The van der Waals surface area contributed by atoms with Gasteiger partial charge in [0.15, 0.2) is 0 Å². The fourth-order valence-corrected chi connectivity index (χ4v) is 3.74. The minimum Gasteiger partial charge on any atom is -0.467 e. The van der Waals surface area contributed by atoms with Gasteiger partial charge in [-0.25, -0.2) is 0 Å². The van der Waals surface area contributed by atoms with Crippen LogP contribution in [-0.4, -0.2) is 58.4 Å². The number of aliphatic hydroxyl groups is 1. The molecule has 226 valence electrons. The molecule has 7 nitrogen and oxygen atoms in total. The second-order valence-electron chi connectivity index (χ2n) is 8.93.